The summed E-state index contributed by atoms with van der Waals surface area (Å²) >= 11 is 0. The van der Waals surface area contributed by atoms with E-state index in [1.807, 2.05) is 0 Å². The molecule has 6 nitrogen and oxygen atoms in total. The molecule has 1 atom stereocenters. The highest BCUT2D eigenvalue weighted by Crippen LogP contribution is 2.36. The fraction of sp³-hybridized carbons (Fsp3) is 0.857. The standard InChI is InChI=1S/C14H23NO5/c1-19-11-3-2-10-20-14(11)6-8-15(9-7-14)12(16)4-5-13(17)18/h11H,2-10H2,1H3,(H,17,18). The van der Waals surface area contributed by atoms with Crippen LogP contribution in [0.2, 0.25) is 0 Å². The van der Waals surface area contributed by atoms with Gasteiger partial charge in [-0.05, 0) is 25.7 Å². The second-order valence-corrected chi connectivity index (χ2v) is 5.55. The van der Waals surface area contributed by atoms with E-state index < -0.39 is 5.97 Å². The Kier molecular flexibility index (Phi) is 4.99. The molecule has 0 aromatic rings. The third-order valence-electron chi connectivity index (χ3n) is 4.39. The van der Waals surface area contributed by atoms with Gasteiger partial charge in [0.25, 0.3) is 0 Å². The third kappa shape index (κ3) is 3.30. The summed E-state index contributed by atoms with van der Waals surface area (Å²) < 4.78 is 11.5. The van der Waals surface area contributed by atoms with Crippen molar-refractivity contribution in [2.24, 2.45) is 0 Å². The number of rotatable bonds is 4. The van der Waals surface area contributed by atoms with E-state index in [4.69, 9.17) is 14.6 Å². The van der Waals surface area contributed by atoms with Crippen LogP contribution in [0.5, 0.6) is 0 Å². The van der Waals surface area contributed by atoms with E-state index in [-0.39, 0.29) is 30.5 Å². The fourth-order valence-electron chi connectivity index (χ4n) is 3.21. The van der Waals surface area contributed by atoms with Crippen molar-refractivity contribution < 1.29 is 24.2 Å². The molecular weight excluding hydrogens is 262 g/mol. The van der Waals surface area contributed by atoms with E-state index in [9.17, 15) is 9.59 Å². The molecule has 2 saturated heterocycles. The van der Waals surface area contributed by atoms with Crippen LogP contribution in [0, 0.1) is 0 Å². The Balaban J connectivity index is 1.87. The van der Waals surface area contributed by atoms with Gasteiger partial charge in [-0.15, -0.1) is 0 Å². The van der Waals surface area contributed by atoms with Gasteiger partial charge >= 0.3 is 5.97 Å². The molecule has 1 spiro atoms. The van der Waals surface area contributed by atoms with Crippen molar-refractivity contribution in [2.75, 3.05) is 26.8 Å². The van der Waals surface area contributed by atoms with Crippen LogP contribution >= 0.6 is 0 Å². The molecule has 0 aromatic heterocycles. The van der Waals surface area contributed by atoms with E-state index in [1.165, 1.54) is 0 Å². The Morgan fingerprint density at radius 3 is 2.65 bits per heavy atom. The van der Waals surface area contributed by atoms with Crippen LogP contribution in [-0.4, -0.2) is 60.4 Å². The molecule has 2 fully saturated rings. The zero-order valence-corrected chi connectivity index (χ0v) is 12.0. The number of carbonyl (C=O) groups is 2. The van der Waals surface area contributed by atoms with Crippen LogP contribution < -0.4 is 0 Å². The lowest BCUT2D eigenvalue weighted by molar-refractivity contribution is -0.188. The largest absolute Gasteiger partial charge is 0.481 e. The van der Waals surface area contributed by atoms with Crippen LogP contribution in [0.15, 0.2) is 0 Å². The maximum absolute atomic E-state index is 11.9. The van der Waals surface area contributed by atoms with Crippen molar-refractivity contribution in [3.8, 4) is 0 Å². The molecule has 1 N–H and O–H groups in total. The molecule has 1 amide bonds. The fourth-order valence-corrected chi connectivity index (χ4v) is 3.21. The summed E-state index contributed by atoms with van der Waals surface area (Å²) in [6.07, 6.45) is 3.64. The first-order chi connectivity index (χ1) is 9.57. The van der Waals surface area contributed by atoms with E-state index in [0.29, 0.717) is 13.1 Å². The van der Waals surface area contributed by atoms with Gasteiger partial charge in [0.1, 0.15) is 0 Å². The second kappa shape index (κ2) is 6.54. The number of likely N-dealkylation sites (tertiary alicyclic amines) is 1. The van der Waals surface area contributed by atoms with Gasteiger partial charge in [-0.1, -0.05) is 0 Å². The summed E-state index contributed by atoms with van der Waals surface area (Å²) in [5.74, 6) is -1.01. The van der Waals surface area contributed by atoms with Gasteiger partial charge in [-0.25, -0.2) is 0 Å². The minimum Gasteiger partial charge on any atom is -0.481 e. The van der Waals surface area contributed by atoms with Gasteiger partial charge < -0.3 is 19.5 Å². The third-order valence-corrected chi connectivity index (χ3v) is 4.39. The first kappa shape index (κ1) is 15.3. The van der Waals surface area contributed by atoms with Crippen LogP contribution in [0.1, 0.15) is 38.5 Å². The van der Waals surface area contributed by atoms with Crippen molar-refractivity contribution in [3.63, 3.8) is 0 Å². The van der Waals surface area contributed by atoms with Crippen molar-refractivity contribution in [3.05, 3.63) is 0 Å². The molecule has 20 heavy (non-hydrogen) atoms. The van der Waals surface area contributed by atoms with Crippen LogP contribution in [0.4, 0.5) is 0 Å². The van der Waals surface area contributed by atoms with E-state index >= 15 is 0 Å². The number of carboxylic acid groups (broad SMARTS) is 1. The molecule has 2 heterocycles. The lowest BCUT2D eigenvalue weighted by Gasteiger charge is -2.48. The maximum Gasteiger partial charge on any atom is 0.303 e. The summed E-state index contributed by atoms with van der Waals surface area (Å²) in [6.45, 7) is 2.00. The van der Waals surface area contributed by atoms with Gasteiger partial charge in [0, 0.05) is 33.2 Å². The first-order valence-electron chi connectivity index (χ1n) is 7.24. The highest BCUT2D eigenvalue weighted by atomic mass is 16.5. The molecule has 2 rings (SSSR count). The van der Waals surface area contributed by atoms with Crippen molar-refractivity contribution in [1.29, 1.82) is 0 Å². The highest BCUT2D eigenvalue weighted by molar-refractivity contribution is 5.80. The normalized spacial score (nSPS) is 25.6. The summed E-state index contributed by atoms with van der Waals surface area (Å²) in [4.78, 5) is 24.2. The molecule has 0 aliphatic carbocycles. The summed E-state index contributed by atoms with van der Waals surface area (Å²) in [6, 6.07) is 0. The molecule has 0 aromatic carbocycles. The zero-order chi connectivity index (χ0) is 14.6. The maximum atomic E-state index is 11.9. The molecule has 2 aliphatic rings. The number of nitrogens with zero attached hydrogens (tertiary/aromatic N) is 1. The number of methoxy groups -OCH3 is 1. The molecule has 114 valence electrons. The van der Waals surface area contributed by atoms with Gasteiger partial charge in [-0.2, -0.15) is 0 Å². The lowest BCUT2D eigenvalue weighted by atomic mass is 9.81. The summed E-state index contributed by atoms with van der Waals surface area (Å²) in [5, 5.41) is 8.62. The number of hydrogen-bond donors (Lipinski definition) is 1. The SMILES string of the molecule is COC1CCCOC12CCN(C(=O)CCC(=O)O)CC2. The minimum atomic E-state index is -0.929. The van der Waals surface area contributed by atoms with Crippen LogP contribution in [0.25, 0.3) is 0 Å². The number of hydrogen-bond acceptors (Lipinski definition) is 4. The number of ether oxygens (including phenoxy) is 2. The average Bonchev–Trinajstić information content (AvgIpc) is 2.46. The quantitative estimate of drug-likeness (QED) is 0.835. The average molecular weight is 285 g/mol. The monoisotopic (exact) mass is 285 g/mol. The molecule has 0 bridgehead atoms. The van der Waals surface area contributed by atoms with E-state index in [2.05, 4.69) is 0 Å². The molecule has 6 heteroatoms. The van der Waals surface area contributed by atoms with Gasteiger partial charge in [-0.3, -0.25) is 9.59 Å². The second-order valence-electron chi connectivity index (χ2n) is 5.55. The van der Waals surface area contributed by atoms with Gasteiger partial charge in [0.15, 0.2) is 0 Å². The van der Waals surface area contributed by atoms with Crippen molar-refractivity contribution in [1.82, 2.24) is 4.90 Å². The predicted molar refractivity (Wildman–Crippen MR) is 71.4 cm³/mol. The Morgan fingerprint density at radius 2 is 2.05 bits per heavy atom. The number of amides is 1. The van der Waals surface area contributed by atoms with Crippen LogP contribution in [0.3, 0.4) is 0 Å². The summed E-state index contributed by atoms with van der Waals surface area (Å²) in [7, 11) is 1.71. The van der Waals surface area contributed by atoms with Crippen molar-refractivity contribution in [2.45, 2.75) is 50.2 Å². The number of piperidine rings is 1. The van der Waals surface area contributed by atoms with E-state index in [0.717, 1.165) is 32.3 Å². The van der Waals surface area contributed by atoms with Gasteiger partial charge in [0.2, 0.25) is 5.91 Å². The Hall–Kier alpha value is -1.14. The Bertz CT molecular complexity index is 363. The number of aliphatic carboxylic acids is 1. The number of carbonyl (C=O) groups excluding carboxylic acids is 1. The molecule has 2 aliphatic heterocycles. The Labute approximate surface area is 119 Å². The highest BCUT2D eigenvalue weighted by Gasteiger charge is 2.45. The molecule has 0 saturated carbocycles. The zero-order valence-electron chi connectivity index (χ0n) is 12.0. The predicted octanol–water partition coefficient (Wildman–Crippen LogP) is 1.04. The smallest absolute Gasteiger partial charge is 0.303 e. The van der Waals surface area contributed by atoms with Crippen molar-refractivity contribution >= 4 is 11.9 Å². The molecule has 1 unspecified atom stereocenters. The van der Waals surface area contributed by atoms with Crippen LogP contribution in [-0.2, 0) is 19.1 Å². The lowest BCUT2D eigenvalue weighted by Crippen LogP contribution is -2.56. The topological polar surface area (TPSA) is 76.1 Å². The Morgan fingerprint density at radius 1 is 1.35 bits per heavy atom. The summed E-state index contributed by atoms with van der Waals surface area (Å²) in [5.41, 5.74) is -0.253. The molecular formula is C14H23NO5. The first-order valence-corrected chi connectivity index (χ1v) is 7.24. The minimum absolute atomic E-state index is 0.0768. The van der Waals surface area contributed by atoms with Gasteiger partial charge in [0.05, 0.1) is 18.1 Å². The van der Waals surface area contributed by atoms with E-state index in [1.54, 1.807) is 12.0 Å². The molecule has 0 radical (unpaired) electrons. The number of carboxylic acids is 1.